The fraction of sp³-hybridized carbons (Fsp3) is 0.154. The molecule has 0 spiro atoms. The second kappa shape index (κ2) is 5.21. The fourth-order valence-electron chi connectivity index (χ4n) is 1.68. The number of carbonyl (C=O) groups is 1. The van der Waals surface area contributed by atoms with E-state index in [2.05, 4.69) is 0 Å². The lowest BCUT2D eigenvalue weighted by Crippen LogP contribution is -2.67. The Balaban J connectivity index is 2.31. The van der Waals surface area contributed by atoms with E-state index in [1.807, 2.05) is 64.3 Å². The van der Waals surface area contributed by atoms with Crippen LogP contribution in [0.4, 0.5) is 0 Å². The van der Waals surface area contributed by atoms with Gasteiger partial charge in [0, 0.05) is 37.1 Å². The van der Waals surface area contributed by atoms with Gasteiger partial charge >= 0.3 is 0 Å². The molecule has 2 N–H and O–H groups in total. The Morgan fingerprint density at radius 3 is 2.47 bits per heavy atom. The summed E-state index contributed by atoms with van der Waals surface area (Å²) in [6.45, 7) is 0. The van der Waals surface area contributed by atoms with Crippen LogP contribution in [-0.4, -0.2) is 5.91 Å². The summed E-state index contributed by atoms with van der Waals surface area (Å²) < 4.78 is 3.94. The fourth-order valence-corrected chi connectivity index (χ4v) is 1.68. The molecule has 0 aromatic carbocycles. The van der Waals surface area contributed by atoms with Crippen molar-refractivity contribution in [2.45, 2.75) is 12.8 Å². The zero-order valence-corrected chi connectivity index (χ0v) is 9.49. The molecule has 4 nitrogen and oxygen atoms in total. The van der Waals surface area contributed by atoms with E-state index in [0.29, 0.717) is 12.8 Å². The van der Waals surface area contributed by atoms with Gasteiger partial charge in [-0.3, -0.25) is 4.79 Å². The first-order valence-corrected chi connectivity index (χ1v) is 5.52. The van der Waals surface area contributed by atoms with E-state index in [1.165, 1.54) is 0 Å². The normalized spacial score (nSPS) is 10.1. The van der Waals surface area contributed by atoms with E-state index in [-0.39, 0.29) is 5.91 Å². The monoisotopic (exact) mass is 229 g/mol. The third kappa shape index (κ3) is 2.87. The molecule has 0 atom stereocenters. The van der Waals surface area contributed by atoms with Crippen LogP contribution in [-0.2, 0) is 11.2 Å². The average molecular weight is 229 g/mol. The summed E-state index contributed by atoms with van der Waals surface area (Å²) in [4.78, 5) is 10.8. The smallest absolute Gasteiger partial charge is 0.254 e. The number of primary amides is 1. The van der Waals surface area contributed by atoms with Gasteiger partial charge in [-0.05, 0) is 12.1 Å². The number of nitrogens with two attached hydrogens (primary N) is 1. The summed E-state index contributed by atoms with van der Waals surface area (Å²) in [5.74, 6) is -0.279. The molecule has 0 unspecified atom stereocenters. The van der Waals surface area contributed by atoms with Gasteiger partial charge in [-0.1, -0.05) is 0 Å². The molecule has 2 aromatic heterocycles. The lowest BCUT2D eigenvalue weighted by Gasteiger charge is -1.95. The maximum Gasteiger partial charge on any atom is 0.254 e. The molecular weight excluding hydrogens is 214 g/mol. The Morgan fingerprint density at radius 1 is 1.06 bits per heavy atom. The number of nitrogens with zero attached hydrogens (tertiary/aromatic N) is 2. The number of pyridine rings is 2. The summed E-state index contributed by atoms with van der Waals surface area (Å²) in [5.41, 5.74) is 6.22. The molecule has 2 heterocycles. The second-order valence-corrected chi connectivity index (χ2v) is 3.76. The van der Waals surface area contributed by atoms with Gasteiger partial charge in [-0.15, -0.1) is 0 Å². The molecule has 17 heavy (non-hydrogen) atoms. The van der Waals surface area contributed by atoms with Crippen LogP contribution in [0.15, 0.2) is 55.0 Å². The van der Waals surface area contributed by atoms with Crippen LogP contribution in [0.5, 0.6) is 0 Å². The molecule has 0 saturated carbocycles. The zero-order chi connectivity index (χ0) is 12.1. The number of aryl methyl sites for hydroxylation is 1. The van der Waals surface area contributed by atoms with Gasteiger partial charge in [0.15, 0.2) is 0 Å². The minimum Gasteiger partial charge on any atom is -0.370 e. The number of aromatic nitrogens is 2. The quantitative estimate of drug-likeness (QED) is 0.737. The van der Waals surface area contributed by atoms with Gasteiger partial charge in [0.1, 0.15) is 0 Å². The molecule has 1 amide bonds. The highest BCUT2D eigenvalue weighted by Crippen LogP contribution is 1.95. The SMILES string of the molecule is NC(=O)CCc1cccc[n+]1-[n+]1ccccc1. The van der Waals surface area contributed by atoms with E-state index in [9.17, 15) is 4.79 Å². The highest BCUT2D eigenvalue weighted by molar-refractivity contribution is 5.73. The number of carbonyl (C=O) groups excluding carboxylic acids is 1. The first-order chi connectivity index (χ1) is 8.27. The van der Waals surface area contributed by atoms with Crippen molar-refractivity contribution in [1.29, 1.82) is 0 Å². The molecule has 0 aliphatic rings. The van der Waals surface area contributed by atoms with Crippen molar-refractivity contribution in [3.8, 4) is 0 Å². The average Bonchev–Trinajstić information content (AvgIpc) is 2.38. The Hall–Kier alpha value is -2.23. The van der Waals surface area contributed by atoms with Crippen molar-refractivity contribution in [3.05, 3.63) is 60.7 Å². The van der Waals surface area contributed by atoms with Crippen molar-refractivity contribution in [2.24, 2.45) is 5.73 Å². The summed E-state index contributed by atoms with van der Waals surface area (Å²) in [5, 5.41) is 0. The molecule has 2 rings (SSSR count). The van der Waals surface area contributed by atoms with Crippen LogP contribution < -0.4 is 15.1 Å². The molecule has 0 fully saturated rings. The van der Waals surface area contributed by atoms with Crippen molar-refractivity contribution >= 4 is 5.91 Å². The van der Waals surface area contributed by atoms with Gasteiger partial charge in [0.05, 0.1) is 9.35 Å². The maximum atomic E-state index is 10.8. The highest BCUT2D eigenvalue weighted by Gasteiger charge is 2.18. The topological polar surface area (TPSA) is 50.9 Å². The lowest BCUT2D eigenvalue weighted by molar-refractivity contribution is -1.30. The van der Waals surface area contributed by atoms with Crippen LogP contribution in [0.1, 0.15) is 12.1 Å². The minimum atomic E-state index is -0.279. The van der Waals surface area contributed by atoms with Crippen LogP contribution >= 0.6 is 0 Å². The Labute approximate surface area is 99.9 Å². The van der Waals surface area contributed by atoms with Crippen LogP contribution in [0.2, 0.25) is 0 Å². The molecule has 0 aliphatic carbocycles. The first-order valence-electron chi connectivity index (χ1n) is 5.52. The van der Waals surface area contributed by atoms with E-state index >= 15 is 0 Å². The van der Waals surface area contributed by atoms with Gasteiger partial charge < -0.3 is 5.73 Å². The van der Waals surface area contributed by atoms with Crippen LogP contribution in [0.25, 0.3) is 0 Å². The van der Waals surface area contributed by atoms with Crippen molar-refractivity contribution in [3.63, 3.8) is 0 Å². The van der Waals surface area contributed by atoms with Gasteiger partial charge in [0.25, 0.3) is 5.69 Å². The largest absolute Gasteiger partial charge is 0.370 e. The van der Waals surface area contributed by atoms with E-state index < -0.39 is 0 Å². The minimum absolute atomic E-state index is 0.279. The summed E-state index contributed by atoms with van der Waals surface area (Å²) in [6.07, 6.45) is 6.85. The van der Waals surface area contributed by atoms with Crippen LogP contribution in [0.3, 0.4) is 0 Å². The molecule has 0 aliphatic heterocycles. The maximum absolute atomic E-state index is 10.8. The molecule has 4 heteroatoms. The molecule has 86 valence electrons. The van der Waals surface area contributed by atoms with Gasteiger partial charge in [-0.25, -0.2) is 0 Å². The number of rotatable bonds is 4. The molecule has 0 saturated heterocycles. The van der Waals surface area contributed by atoms with Gasteiger partial charge in [0.2, 0.25) is 24.5 Å². The zero-order valence-electron chi connectivity index (χ0n) is 9.49. The Kier molecular flexibility index (Phi) is 3.45. The first kappa shape index (κ1) is 11.3. The Bertz CT molecular complexity index is 511. The van der Waals surface area contributed by atoms with E-state index in [1.54, 1.807) is 0 Å². The van der Waals surface area contributed by atoms with E-state index in [0.717, 1.165) is 5.69 Å². The molecular formula is C13H15N3O+2. The Morgan fingerprint density at radius 2 is 1.76 bits per heavy atom. The third-order valence-corrected chi connectivity index (χ3v) is 2.50. The molecule has 0 radical (unpaired) electrons. The standard InChI is InChI=1S/C13H14N3O/c14-13(17)8-7-12-6-2-5-11-16(12)15-9-3-1-4-10-15/h1-6,9-11H,7-8H2,(H-,14,17)/q+1/p+1. The van der Waals surface area contributed by atoms with Gasteiger partial charge in [-0.2, -0.15) is 0 Å². The van der Waals surface area contributed by atoms with Crippen molar-refractivity contribution in [1.82, 2.24) is 0 Å². The summed E-state index contributed by atoms with van der Waals surface area (Å²) in [7, 11) is 0. The van der Waals surface area contributed by atoms with Crippen LogP contribution in [0, 0.1) is 0 Å². The van der Waals surface area contributed by atoms with Crippen molar-refractivity contribution in [2.75, 3.05) is 0 Å². The van der Waals surface area contributed by atoms with E-state index in [4.69, 9.17) is 5.73 Å². The highest BCUT2D eigenvalue weighted by atomic mass is 16.1. The number of hydrogen-bond acceptors (Lipinski definition) is 1. The predicted octanol–water partition coefficient (Wildman–Crippen LogP) is -0.00910. The molecule has 0 bridgehead atoms. The number of hydrogen-bond donors (Lipinski definition) is 1. The summed E-state index contributed by atoms with van der Waals surface area (Å²) >= 11 is 0. The molecule has 2 aromatic rings. The number of amides is 1. The summed E-state index contributed by atoms with van der Waals surface area (Å²) in [6, 6.07) is 11.8. The van der Waals surface area contributed by atoms with Crippen molar-refractivity contribution < 1.29 is 14.1 Å². The second-order valence-electron chi connectivity index (χ2n) is 3.76. The predicted molar refractivity (Wildman–Crippen MR) is 61.6 cm³/mol. The third-order valence-electron chi connectivity index (χ3n) is 2.50. The lowest BCUT2D eigenvalue weighted by atomic mass is 10.2.